The van der Waals surface area contributed by atoms with Gasteiger partial charge in [0.1, 0.15) is 12.2 Å². The standard InChI is InChI=1S/C8H15NO3/c1-8(2)11-6-3-9-5(4-10)7(6)12-8/h5-7,9-10H,3-4H2,1-2H3/t5-,6+,7-/m0/s1. The lowest BCUT2D eigenvalue weighted by molar-refractivity contribution is -0.153. The highest BCUT2D eigenvalue weighted by Crippen LogP contribution is 2.32. The van der Waals surface area contributed by atoms with Gasteiger partial charge < -0.3 is 19.9 Å². The molecule has 0 aromatic rings. The summed E-state index contributed by atoms with van der Waals surface area (Å²) < 4.78 is 11.2. The van der Waals surface area contributed by atoms with Crippen LogP contribution in [0.25, 0.3) is 0 Å². The van der Waals surface area contributed by atoms with E-state index in [1.165, 1.54) is 0 Å². The summed E-state index contributed by atoms with van der Waals surface area (Å²) in [4.78, 5) is 0. The zero-order valence-electron chi connectivity index (χ0n) is 7.41. The molecule has 4 heteroatoms. The molecule has 4 nitrogen and oxygen atoms in total. The fourth-order valence-electron chi connectivity index (χ4n) is 1.91. The summed E-state index contributed by atoms with van der Waals surface area (Å²) in [5.74, 6) is -0.481. The fraction of sp³-hybridized carbons (Fsp3) is 1.00. The second kappa shape index (κ2) is 2.67. The third-order valence-corrected chi connectivity index (χ3v) is 2.40. The minimum atomic E-state index is -0.481. The second-order valence-corrected chi connectivity index (χ2v) is 3.84. The number of fused-ring (bicyclic) bond motifs is 1. The summed E-state index contributed by atoms with van der Waals surface area (Å²) in [6.45, 7) is 4.69. The van der Waals surface area contributed by atoms with E-state index in [-0.39, 0.29) is 24.9 Å². The average Bonchev–Trinajstić information content (AvgIpc) is 2.42. The van der Waals surface area contributed by atoms with Crippen LogP contribution in [0.1, 0.15) is 13.8 Å². The Labute approximate surface area is 71.9 Å². The number of rotatable bonds is 1. The Morgan fingerprint density at radius 3 is 2.92 bits per heavy atom. The van der Waals surface area contributed by atoms with E-state index < -0.39 is 5.79 Å². The first-order valence-corrected chi connectivity index (χ1v) is 4.32. The highest BCUT2D eigenvalue weighted by atomic mass is 16.8. The third-order valence-electron chi connectivity index (χ3n) is 2.40. The Hall–Kier alpha value is -0.160. The van der Waals surface area contributed by atoms with Crippen LogP contribution < -0.4 is 5.32 Å². The Balaban J connectivity index is 2.06. The van der Waals surface area contributed by atoms with Crippen LogP contribution in [0.4, 0.5) is 0 Å². The lowest BCUT2D eigenvalue weighted by Gasteiger charge is -2.20. The molecule has 2 aliphatic heterocycles. The Morgan fingerprint density at radius 1 is 1.50 bits per heavy atom. The van der Waals surface area contributed by atoms with Crippen LogP contribution in [0.3, 0.4) is 0 Å². The molecule has 0 aliphatic carbocycles. The van der Waals surface area contributed by atoms with Crippen molar-refractivity contribution in [1.29, 1.82) is 0 Å². The maximum atomic E-state index is 8.99. The van der Waals surface area contributed by atoms with Crippen LogP contribution in [-0.4, -0.2) is 42.3 Å². The molecule has 0 radical (unpaired) electrons. The molecular weight excluding hydrogens is 158 g/mol. The number of hydrogen-bond donors (Lipinski definition) is 2. The van der Waals surface area contributed by atoms with Crippen molar-refractivity contribution in [3.05, 3.63) is 0 Å². The molecule has 2 saturated heterocycles. The topological polar surface area (TPSA) is 50.7 Å². The molecular formula is C8H15NO3. The van der Waals surface area contributed by atoms with E-state index in [2.05, 4.69) is 5.32 Å². The maximum Gasteiger partial charge on any atom is 0.163 e. The first kappa shape index (κ1) is 8.44. The van der Waals surface area contributed by atoms with Gasteiger partial charge in [0.05, 0.1) is 12.6 Å². The van der Waals surface area contributed by atoms with Gasteiger partial charge in [-0.2, -0.15) is 0 Å². The largest absolute Gasteiger partial charge is 0.395 e. The molecule has 2 N–H and O–H groups in total. The van der Waals surface area contributed by atoms with Crippen LogP contribution >= 0.6 is 0 Å². The quantitative estimate of drug-likeness (QED) is 0.559. The van der Waals surface area contributed by atoms with Crippen molar-refractivity contribution >= 4 is 0 Å². The van der Waals surface area contributed by atoms with Gasteiger partial charge in [0.15, 0.2) is 5.79 Å². The summed E-state index contributed by atoms with van der Waals surface area (Å²) in [7, 11) is 0. The van der Waals surface area contributed by atoms with Crippen LogP contribution in [0.2, 0.25) is 0 Å². The molecule has 2 rings (SSSR count). The summed E-state index contributed by atoms with van der Waals surface area (Å²) in [6, 6.07) is 0.0387. The Kier molecular flexibility index (Phi) is 1.88. The number of ether oxygens (including phenoxy) is 2. The van der Waals surface area contributed by atoms with Gasteiger partial charge in [-0.05, 0) is 13.8 Å². The molecule has 70 valence electrons. The van der Waals surface area contributed by atoms with E-state index in [1.54, 1.807) is 0 Å². The van der Waals surface area contributed by atoms with Gasteiger partial charge >= 0.3 is 0 Å². The highest BCUT2D eigenvalue weighted by molar-refractivity contribution is 4.97. The van der Waals surface area contributed by atoms with Crippen LogP contribution in [0, 0.1) is 0 Å². The van der Waals surface area contributed by atoms with Crippen LogP contribution in [-0.2, 0) is 9.47 Å². The zero-order valence-corrected chi connectivity index (χ0v) is 7.41. The van der Waals surface area contributed by atoms with Crippen molar-refractivity contribution in [2.24, 2.45) is 0 Å². The first-order valence-electron chi connectivity index (χ1n) is 4.32. The zero-order chi connectivity index (χ0) is 8.77. The number of aliphatic hydroxyl groups is 1. The van der Waals surface area contributed by atoms with Crippen molar-refractivity contribution in [3.8, 4) is 0 Å². The van der Waals surface area contributed by atoms with Crippen molar-refractivity contribution in [2.45, 2.75) is 37.9 Å². The number of hydrogen-bond acceptors (Lipinski definition) is 4. The highest BCUT2D eigenvalue weighted by Gasteiger charge is 2.48. The minimum absolute atomic E-state index is 0.0185. The summed E-state index contributed by atoms with van der Waals surface area (Å²) in [5.41, 5.74) is 0. The van der Waals surface area contributed by atoms with Crippen molar-refractivity contribution in [3.63, 3.8) is 0 Å². The Morgan fingerprint density at radius 2 is 2.25 bits per heavy atom. The molecule has 0 spiro atoms. The van der Waals surface area contributed by atoms with Gasteiger partial charge in [-0.1, -0.05) is 0 Å². The molecule has 12 heavy (non-hydrogen) atoms. The summed E-state index contributed by atoms with van der Waals surface area (Å²) in [5, 5.41) is 12.1. The van der Waals surface area contributed by atoms with Gasteiger partial charge in [0.25, 0.3) is 0 Å². The minimum Gasteiger partial charge on any atom is -0.395 e. The molecule has 0 saturated carbocycles. The first-order chi connectivity index (χ1) is 5.62. The molecule has 0 unspecified atom stereocenters. The monoisotopic (exact) mass is 173 g/mol. The molecule has 0 aromatic carbocycles. The SMILES string of the molecule is CC1(C)O[C@H]2[C@H](CO)NC[C@H]2O1. The fourth-order valence-corrected chi connectivity index (χ4v) is 1.91. The predicted octanol–water partition coefficient (Wildman–Crippen LogP) is -0.529. The smallest absolute Gasteiger partial charge is 0.163 e. The maximum absolute atomic E-state index is 8.99. The van der Waals surface area contributed by atoms with Crippen molar-refractivity contribution in [1.82, 2.24) is 5.32 Å². The number of aliphatic hydroxyl groups excluding tert-OH is 1. The molecule has 2 fully saturated rings. The van der Waals surface area contributed by atoms with Crippen molar-refractivity contribution < 1.29 is 14.6 Å². The van der Waals surface area contributed by atoms with Gasteiger partial charge in [-0.3, -0.25) is 0 Å². The lowest BCUT2D eigenvalue weighted by Crippen LogP contribution is -2.37. The molecule has 0 aromatic heterocycles. The number of nitrogens with one attached hydrogen (secondary N) is 1. The van der Waals surface area contributed by atoms with E-state index >= 15 is 0 Å². The molecule has 2 aliphatic rings. The molecule has 0 bridgehead atoms. The van der Waals surface area contributed by atoms with E-state index in [4.69, 9.17) is 14.6 Å². The molecule has 0 amide bonds. The average molecular weight is 173 g/mol. The second-order valence-electron chi connectivity index (χ2n) is 3.84. The van der Waals surface area contributed by atoms with Gasteiger partial charge in [0.2, 0.25) is 0 Å². The lowest BCUT2D eigenvalue weighted by atomic mass is 10.1. The molecule has 2 heterocycles. The summed E-state index contributed by atoms with van der Waals surface area (Å²) >= 11 is 0. The van der Waals surface area contributed by atoms with E-state index in [0.29, 0.717) is 0 Å². The van der Waals surface area contributed by atoms with Gasteiger partial charge in [-0.25, -0.2) is 0 Å². The van der Waals surface area contributed by atoms with E-state index in [1.807, 2.05) is 13.8 Å². The van der Waals surface area contributed by atoms with Crippen LogP contribution in [0.15, 0.2) is 0 Å². The van der Waals surface area contributed by atoms with Crippen LogP contribution in [0.5, 0.6) is 0 Å². The third kappa shape index (κ3) is 1.25. The van der Waals surface area contributed by atoms with Gasteiger partial charge in [-0.15, -0.1) is 0 Å². The van der Waals surface area contributed by atoms with Gasteiger partial charge in [0, 0.05) is 6.54 Å². The van der Waals surface area contributed by atoms with E-state index in [0.717, 1.165) is 6.54 Å². The Bertz CT molecular complexity index is 183. The predicted molar refractivity (Wildman–Crippen MR) is 42.7 cm³/mol. The summed E-state index contributed by atoms with van der Waals surface area (Å²) in [6.07, 6.45) is 0.127. The van der Waals surface area contributed by atoms with Crippen molar-refractivity contribution in [2.75, 3.05) is 13.2 Å². The van der Waals surface area contributed by atoms with E-state index in [9.17, 15) is 0 Å². The normalized spacial score (nSPS) is 44.8. The molecule has 3 atom stereocenters.